The third kappa shape index (κ3) is 22.2. The molecule has 0 saturated carbocycles. The topological polar surface area (TPSA) is 143 Å². The summed E-state index contributed by atoms with van der Waals surface area (Å²) < 4.78 is 9.54. The maximum atomic E-state index is 10.3. The van der Waals surface area contributed by atoms with Crippen LogP contribution >= 0.6 is 11.6 Å². The highest BCUT2D eigenvalue weighted by atomic mass is 35.5. The largest absolute Gasteiger partial charge is 0.461 e. The summed E-state index contributed by atoms with van der Waals surface area (Å²) in [5.41, 5.74) is 3.49. The summed E-state index contributed by atoms with van der Waals surface area (Å²) in [5, 5.41) is 21.0. The average Bonchev–Trinajstić information content (AvgIpc) is 3.39. The molecular formula is C29H34ClN3O6. The van der Waals surface area contributed by atoms with E-state index < -0.39 is 11.1 Å². The number of aromatic nitrogens is 1. The fourth-order valence-corrected chi connectivity index (χ4v) is 2.40. The van der Waals surface area contributed by atoms with Crippen molar-refractivity contribution in [2.75, 3.05) is 6.61 Å². The molecule has 0 spiro atoms. The normalized spacial score (nSPS) is 8.62. The van der Waals surface area contributed by atoms with Crippen LogP contribution in [0.4, 0.5) is 0 Å². The molecule has 39 heavy (non-hydrogen) atoms. The molecule has 9 nitrogen and oxygen atoms in total. The van der Waals surface area contributed by atoms with Crippen LogP contribution < -0.4 is 0 Å². The Morgan fingerprint density at radius 1 is 1.10 bits per heavy atom. The third-order valence-corrected chi connectivity index (χ3v) is 4.10. The highest BCUT2D eigenvalue weighted by Gasteiger charge is 2.08. The zero-order valence-electron chi connectivity index (χ0n) is 21.5. The van der Waals surface area contributed by atoms with Crippen LogP contribution in [0.2, 0.25) is 0 Å². The highest BCUT2D eigenvalue weighted by molar-refractivity contribution is 6.81. The van der Waals surface area contributed by atoms with Gasteiger partial charge in [-0.25, -0.2) is 4.79 Å². The SMILES string of the molecule is C.C#CCc1ccccc1.CC#N.CCOC(=O)/C(Cl)=N\O.CCc1cc(Cc2ccccc2)on1.O=C=O. The van der Waals surface area contributed by atoms with E-state index >= 15 is 0 Å². The van der Waals surface area contributed by atoms with Gasteiger partial charge in [0, 0.05) is 25.8 Å². The van der Waals surface area contributed by atoms with Gasteiger partial charge in [-0.05, 0) is 24.5 Å². The lowest BCUT2D eigenvalue weighted by atomic mass is 10.1. The fraction of sp³-hybridized carbons (Fsp3) is 0.276. The Bertz CT molecular complexity index is 1160. The second kappa shape index (κ2) is 27.9. The molecule has 0 atom stereocenters. The number of rotatable bonds is 6. The minimum absolute atomic E-state index is 0. The van der Waals surface area contributed by atoms with Gasteiger partial charge in [-0.2, -0.15) is 14.9 Å². The molecule has 10 heteroatoms. The zero-order chi connectivity index (χ0) is 29.0. The number of nitrogens with zero attached hydrogens (tertiary/aromatic N) is 3. The molecular weight excluding hydrogens is 522 g/mol. The Morgan fingerprint density at radius 3 is 1.97 bits per heavy atom. The highest BCUT2D eigenvalue weighted by Crippen LogP contribution is 2.10. The van der Waals surface area contributed by atoms with Gasteiger partial charge in [-0.1, -0.05) is 96.9 Å². The molecule has 0 aliphatic heterocycles. The predicted molar refractivity (Wildman–Crippen MR) is 149 cm³/mol. The van der Waals surface area contributed by atoms with Crippen molar-refractivity contribution in [2.24, 2.45) is 5.16 Å². The number of terminal acetylenes is 1. The minimum atomic E-state index is -0.818. The first-order valence-electron chi connectivity index (χ1n) is 11.2. The van der Waals surface area contributed by atoms with Crippen molar-refractivity contribution in [2.45, 2.75) is 47.5 Å². The van der Waals surface area contributed by atoms with Gasteiger partial charge in [0.15, 0.2) is 0 Å². The Balaban J connectivity index is -0.000000460. The van der Waals surface area contributed by atoms with Gasteiger partial charge in [0.05, 0.1) is 18.4 Å². The van der Waals surface area contributed by atoms with E-state index in [0.717, 1.165) is 30.7 Å². The predicted octanol–water partition coefficient (Wildman–Crippen LogP) is 5.85. The molecule has 0 unspecified atom stereocenters. The fourth-order valence-electron chi connectivity index (χ4n) is 2.35. The van der Waals surface area contributed by atoms with E-state index in [9.17, 15) is 4.79 Å². The summed E-state index contributed by atoms with van der Waals surface area (Å²) in [7, 11) is 0. The minimum Gasteiger partial charge on any atom is -0.461 e. The van der Waals surface area contributed by atoms with E-state index in [0.29, 0.717) is 0 Å². The molecule has 3 rings (SSSR count). The van der Waals surface area contributed by atoms with E-state index in [1.165, 1.54) is 18.1 Å². The first kappa shape index (κ1) is 38.8. The summed E-state index contributed by atoms with van der Waals surface area (Å²) in [5.74, 6) is 2.70. The molecule has 0 aliphatic carbocycles. The number of esters is 1. The van der Waals surface area contributed by atoms with Crippen molar-refractivity contribution < 1.29 is 28.9 Å². The second-order valence-electron chi connectivity index (χ2n) is 6.59. The number of oxime groups is 1. The van der Waals surface area contributed by atoms with Crippen molar-refractivity contribution in [3.63, 3.8) is 0 Å². The molecule has 3 aromatic rings. The van der Waals surface area contributed by atoms with E-state index in [2.05, 4.69) is 40.0 Å². The van der Waals surface area contributed by atoms with Gasteiger partial charge < -0.3 is 14.5 Å². The van der Waals surface area contributed by atoms with Gasteiger partial charge in [-0.15, -0.1) is 12.3 Å². The number of hydrogen-bond donors (Lipinski definition) is 1. The maximum absolute atomic E-state index is 10.3. The monoisotopic (exact) mass is 555 g/mol. The number of nitriles is 1. The van der Waals surface area contributed by atoms with Crippen molar-refractivity contribution in [3.8, 4) is 18.4 Å². The summed E-state index contributed by atoms with van der Waals surface area (Å²) >= 11 is 5.02. The Hall–Kier alpha value is -4.69. The van der Waals surface area contributed by atoms with Crippen molar-refractivity contribution in [1.29, 1.82) is 5.26 Å². The lowest BCUT2D eigenvalue weighted by Crippen LogP contribution is -2.11. The van der Waals surface area contributed by atoms with Gasteiger partial charge >= 0.3 is 12.1 Å². The Morgan fingerprint density at radius 2 is 1.59 bits per heavy atom. The summed E-state index contributed by atoms with van der Waals surface area (Å²) in [6.45, 7) is 5.34. The van der Waals surface area contributed by atoms with Crippen LogP contribution in [0.15, 0.2) is 76.4 Å². The van der Waals surface area contributed by atoms with Gasteiger partial charge in [-0.3, -0.25) is 0 Å². The van der Waals surface area contributed by atoms with Crippen LogP contribution in [0.3, 0.4) is 0 Å². The van der Waals surface area contributed by atoms with Crippen LogP contribution in [0, 0.1) is 23.7 Å². The number of hydrogen-bond acceptors (Lipinski definition) is 9. The molecule has 0 saturated heterocycles. The molecule has 1 N–H and O–H groups in total. The van der Waals surface area contributed by atoms with Crippen molar-refractivity contribution in [1.82, 2.24) is 5.16 Å². The summed E-state index contributed by atoms with van der Waals surface area (Å²) in [6.07, 6.45) is 7.85. The number of carbonyl (C=O) groups is 1. The third-order valence-electron chi connectivity index (χ3n) is 3.87. The molecule has 0 fully saturated rings. The van der Waals surface area contributed by atoms with E-state index in [-0.39, 0.29) is 20.2 Å². The second-order valence-corrected chi connectivity index (χ2v) is 6.94. The van der Waals surface area contributed by atoms with Crippen LogP contribution in [-0.4, -0.2) is 34.3 Å². The van der Waals surface area contributed by atoms with Crippen molar-refractivity contribution >= 4 is 28.9 Å². The average molecular weight is 556 g/mol. The number of benzene rings is 2. The molecule has 2 aromatic carbocycles. The smallest absolute Gasteiger partial charge is 0.373 e. The lowest BCUT2D eigenvalue weighted by molar-refractivity contribution is -0.191. The van der Waals surface area contributed by atoms with E-state index in [4.69, 9.17) is 42.6 Å². The number of carbonyl (C=O) groups excluding carboxylic acids is 3. The standard InChI is InChI=1S/C12H13NO.C9H8.C4H6ClNO3.C2H3N.CO2.CH4/c1-2-11-9-12(14-13-11)8-10-6-4-3-5-7-10;1-2-6-9-7-4-3-5-8-9;1-2-9-4(7)3(5)6-8;1-2-3;2-1-3;/h3-7,9H,2,8H2,1H3;1,3-5,7-8H,6H2;8H,2H2,1H3;1H3;;1H4/b;;6-3+;;;. The van der Waals surface area contributed by atoms with E-state index in [1.54, 1.807) is 13.0 Å². The molecule has 0 aliphatic rings. The number of aryl methyl sites for hydroxylation is 1. The number of halogens is 1. The van der Waals surface area contributed by atoms with Crippen LogP contribution in [0.1, 0.15) is 50.8 Å². The first-order chi connectivity index (χ1) is 18.4. The quantitative estimate of drug-likeness (QED) is 0.131. The van der Waals surface area contributed by atoms with E-state index in [1.807, 2.05) is 54.6 Å². The maximum Gasteiger partial charge on any atom is 0.373 e. The molecule has 0 amide bonds. The summed E-state index contributed by atoms with van der Waals surface area (Å²) in [4.78, 5) is 26.6. The summed E-state index contributed by atoms with van der Waals surface area (Å²) in [6, 6.07) is 24.1. The first-order valence-corrected chi connectivity index (χ1v) is 11.5. The van der Waals surface area contributed by atoms with Crippen LogP contribution in [0.5, 0.6) is 0 Å². The molecule has 0 radical (unpaired) electrons. The van der Waals surface area contributed by atoms with Gasteiger partial charge in [0.1, 0.15) is 5.76 Å². The molecule has 1 heterocycles. The Kier molecular flexibility index (Phi) is 27.8. The van der Waals surface area contributed by atoms with Crippen LogP contribution in [0.25, 0.3) is 0 Å². The molecule has 0 bridgehead atoms. The Labute approximate surface area is 235 Å². The number of ether oxygens (including phenoxy) is 1. The molecule has 208 valence electrons. The van der Waals surface area contributed by atoms with Crippen molar-refractivity contribution in [3.05, 3.63) is 89.3 Å². The van der Waals surface area contributed by atoms with Gasteiger partial charge in [0.25, 0.3) is 5.17 Å². The zero-order valence-corrected chi connectivity index (χ0v) is 22.2. The van der Waals surface area contributed by atoms with Crippen LogP contribution in [-0.2, 0) is 38.4 Å². The molecule has 1 aromatic heterocycles. The van der Waals surface area contributed by atoms with Gasteiger partial charge in [0.2, 0.25) is 0 Å². The lowest BCUT2D eigenvalue weighted by Gasteiger charge is -1.94.